The van der Waals surface area contributed by atoms with Gasteiger partial charge in [0.05, 0.1) is 11.4 Å². The molecule has 1 amide bonds. The number of nitrogens with two attached hydrogens (primary N) is 1. The summed E-state index contributed by atoms with van der Waals surface area (Å²) in [6, 6.07) is 18.9. The number of aromatic nitrogens is 1. The van der Waals surface area contributed by atoms with Crippen molar-refractivity contribution >= 4 is 56.3 Å². The molecular weight excluding hydrogens is 425 g/mol. The van der Waals surface area contributed by atoms with E-state index in [1.165, 1.54) is 11.3 Å². The van der Waals surface area contributed by atoms with E-state index in [9.17, 15) is 4.79 Å². The Labute approximate surface area is 182 Å². The number of thiophene rings is 1. The van der Waals surface area contributed by atoms with Crippen molar-refractivity contribution < 1.29 is 4.79 Å². The van der Waals surface area contributed by atoms with E-state index in [-0.39, 0.29) is 5.91 Å². The number of rotatable bonds is 5. The molecule has 0 aliphatic carbocycles. The Morgan fingerprint density at radius 2 is 1.83 bits per heavy atom. The molecule has 0 radical (unpaired) electrons. The van der Waals surface area contributed by atoms with Crippen LogP contribution in [0.2, 0.25) is 10.0 Å². The van der Waals surface area contributed by atoms with Crippen LogP contribution in [-0.2, 0) is 6.42 Å². The molecule has 0 saturated heterocycles. The van der Waals surface area contributed by atoms with Crippen molar-refractivity contribution in [3.8, 4) is 11.3 Å². The lowest BCUT2D eigenvalue weighted by atomic mass is 10.1. The van der Waals surface area contributed by atoms with E-state index in [4.69, 9.17) is 28.9 Å². The topological polar surface area (TPSA) is 68.0 Å². The first kappa shape index (κ1) is 19.7. The number of pyridine rings is 1. The van der Waals surface area contributed by atoms with Crippen LogP contribution in [-0.4, -0.2) is 17.4 Å². The smallest absolute Gasteiger partial charge is 0.263 e. The van der Waals surface area contributed by atoms with Crippen LogP contribution in [0.5, 0.6) is 0 Å². The zero-order chi connectivity index (χ0) is 20.4. The predicted octanol–water partition coefficient (Wildman–Crippen LogP) is 5.82. The fraction of sp³-hybridized carbons (Fsp3) is 0.0909. The summed E-state index contributed by atoms with van der Waals surface area (Å²) in [6.07, 6.45) is 0.691. The number of hydrogen-bond acceptors (Lipinski definition) is 4. The molecule has 2 heterocycles. The van der Waals surface area contributed by atoms with Crippen LogP contribution < -0.4 is 11.1 Å². The van der Waals surface area contributed by atoms with E-state index in [1.54, 1.807) is 0 Å². The quantitative estimate of drug-likeness (QED) is 0.409. The Kier molecular flexibility index (Phi) is 5.72. The standard InChI is InChI=1S/C22H17Cl2N3OS/c23-15-6-4-14(5-7-15)18-9-8-17-19(25)20(29-22(17)27-18)21(28)26-11-10-13-2-1-3-16(24)12-13/h1-9,12H,10-11,25H2,(H,26,28). The lowest BCUT2D eigenvalue weighted by Gasteiger charge is -2.05. The fourth-order valence-electron chi connectivity index (χ4n) is 3.04. The highest BCUT2D eigenvalue weighted by molar-refractivity contribution is 7.21. The molecule has 0 unspecified atom stereocenters. The van der Waals surface area contributed by atoms with Crippen LogP contribution in [0.25, 0.3) is 21.5 Å². The van der Waals surface area contributed by atoms with Crippen LogP contribution in [0.3, 0.4) is 0 Å². The van der Waals surface area contributed by atoms with E-state index in [0.29, 0.717) is 33.6 Å². The summed E-state index contributed by atoms with van der Waals surface area (Å²) < 4.78 is 0. The Bertz CT molecular complexity index is 1190. The lowest BCUT2D eigenvalue weighted by molar-refractivity contribution is 0.0959. The van der Waals surface area contributed by atoms with Crippen molar-refractivity contribution in [1.29, 1.82) is 0 Å². The molecule has 4 nitrogen and oxygen atoms in total. The van der Waals surface area contributed by atoms with E-state index in [0.717, 1.165) is 27.0 Å². The average molecular weight is 442 g/mol. The molecule has 0 atom stereocenters. The molecule has 146 valence electrons. The number of halogens is 2. The summed E-state index contributed by atoms with van der Waals surface area (Å²) in [4.78, 5) is 18.5. The van der Waals surface area contributed by atoms with Gasteiger partial charge in [0.2, 0.25) is 0 Å². The molecule has 0 saturated carbocycles. The summed E-state index contributed by atoms with van der Waals surface area (Å²) in [5.74, 6) is -0.194. The maximum atomic E-state index is 12.6. The second-order valence-electron chi connectivity index (χ2n) is 6.54. The summed E-state index contributed by atoms with van der Waals surface area (Å²) in [5, 5.41) is 5.07. The minimum atomic E-state index is -0.194. The largest absolute Gasteiger partial charge is 0.397 e. The Hall–Kier alpha value is -2.60. The monoisotopic (exact) mass is 441 g/mol. The number of fused-ring (bicyclic) bond motifs is 1. The minimum Gasteiger partial charge on any atom is -0.397 e. The van der Waals surface area contributed by atoms with E-state index >= 15 is 0 Å². The fourth-order valence-corrected chi connectivity index (χ4v) is 4.39. The second kappa shape index (κ2) is 8.41. The number of nitrogen functional groups attached to an aromatic ring is 1. The Morgan fingerprint density at radius 3 is 2.59 bits per heavy atom. The molecule has 2 aromatic heterocycles. The van der Waals surface area contributed by atoms with Gasteiger partial charge in [0, 0.05) is 27.5 Å². The SMILES string of the molecule is Nc1c(C(=O)NCCc2cccc(Cl)c2)sc2nc(-c3ccc(Cl)cc3)ccc12. The highest BCUT2D eigenvalue weighted by atomic mass is 35.5. The van der Waals surface area contributed by atoms with Crippen molar-refractivity contribution in [1.82, 2.24) is 10.3 Å². The van der Waals surface area contributed by atoms with Gasteiger partial charge >= 0.3 is 0 Å². The third kappa shape index (κ3) is 4.37. The molecule has 2 aromatic carbocycles. The van der Waals surface area contributed by atoms with Crippen LogP contribution in [0.1, 0.15) is 15.2 Å². The normalized spacial score (nSPS) is 11.0. The van der Waals surface area contributed by atoms with E-state index in [1.807, 2.05) is 60.7 Å². The average Bonchev–Trinajstić information content (AvgIpc) is 3.05. The van der Waals surface area contributed by atoms with Crippen molar-refractivity contribution in [3.63, 3.8) is 0 Å². The van der Waals surface area contributed by atoms with E-state index < -0.39 is 0 Å². The van der Waals surface area contributed by atoms with Crippen LogP contribution in [0.15, 0.2) is 60.7 Å². The molecule has 0 aliphatic heterocycles. The summed E-state index contributed by atoms with van der Waals surface area (Å²) >= 11 is 13.3. The van der Waals surface area contributed by atoms with Gasteiger partial charge in [0.1, 0.15) is 9.71 Å². The van der Waals surface area contributed by atoms with Gasteiger partial charge in [-0.2, -0.15) is 0 Å². The summed E-state index contributed by atoms with van der Waals surface area (Å²) in [6.45, 7) is 0.496. The number of carbonyl (C=O) groups excluding carboxylic acids is 1. The third-order valence-corrected chi connectivity index (χ3v) is 6.13. The first-order valence-electron chi connectivity index (χ1n) is 8.99. The highest BCUT2D eigenvalue weighted by Crippen LogP contribution is 2.34. The molecule has 4 rings (SSSR count). The number of benzene rings is 2. The third-order valence-electron chi connectivity index (χ3n) is 4.53. The van der Waals surface area contributed by atoms with Gasteiger partial charge in [-0.25, -0.2) is 4.98 Å². The molecule has 29 heavy (non-hydrogen) atoms. The first-order chi connectivity index (χ1) is 14.0. The van der Waals surface area contributed by atoms with Crippen LogP contribution >= 0.6 is 34.5 Å². The van der Waals surface area contributed by atoms with Gasteiger partial charge in [0.25, 0.3) is 5.91 Å². The minimum absolute atomic E-state index is 0.194. The van der Waals surface area contributed by atoms with Gasteiger partial charge < -0.3 is 11.1 Å². The number of amides is 1. The predicted molar refractivity (Wildman–Crippen MR) is 122 cm³/mol. The van der Waals surface area contributed by atoms with Gasteiger partial charge in [-0.3, -0.25) is 4.79 Å². The molecule has 4 aromatic rings. The maximum absolute atomic E-state index is 12.6. The Morgan fingerprint density at radius 1 is 1.03 bits per heavy atom. The van der Waals surface area contributed by atoms with Crippen molar-refractivity contribution in [2.45, 2.75) is 6.42 Å². The van der Waals surface area contributed by atoms with E-state index in [2.05, 4.69) is 10.3 Å². The van der Waals surface area contributed by atoms with Crippen LogP contribution in [0, 0.1) is 0 Å². The highest BCUT2D eigenvalue weighted by Gasteiger charge is 2.17. The van der Waals surface area contributed by atoms with Gasteiger partial charge in [-0.15, -0.1) is 11.3 Å². The molecule has 0 fully saturated rings. The van der Waals surface area contributed by atoms with Gasteiger partial charge in [-0.1, -0.05) is 47.5 Å². The number of nitrogens with one attached hydrogen (secondary N) is 1. The molecular formula is C22H17Cl2N3OS. The molecule has 0 bridgehead atoms. The van der Waals surface area contributed by atoms with Gasteiger partial charge in [-0.05, 0) is 48.4 Å². The summed E-state index contributed by atoms with van der Waals surface area (Å²) in [7, 11) is 0. The van der Waals surface area contributed by atoms with Crippen LogP contribution in [0.4, 0.5) is 5.69 Å². The number of hydrogen-bond donors (Lipinski definition) is 2. The number of anilines is 1. The number of carbonyl (C=O) groups is 1. The van der Waals surface area contributed by atoms with Crippen molar-refractivity contribution in [2.24, 2.45) is 0 Å². The summed E-state index contributed by atoms with van der Waals surface area (Å²) in [5.41, 5.74) is 9.51. The van der Waals surface area contributed by atoms with Crippen molar-refractivity contribution in [3.05, 3.63) is 81.1 Å². The molecule has 7 heteroatoms. The zero-order valence-electron chi connectivity index (χ0n) is 15.3. The molecule has 0 spiro atoms. The molecule has 0 aliphatic rings. The maximum Gasteiger partial charge on any atom is 0.263 e. The van der Waals surface area contributed by atoms with Gasteiger partial charge in [0.15, 0.2) is 0 Å². The first-order valence-corrected chi connectivity index (χ1v) is 10.6. The Balaban J connectivity index is 1.51. The zero-order valence-corrected chi connectivity index (χ0v) is 17.6. The second-order valence-corrected chi connectivity index (χ2v) is 8.41. The lowest BCUT2D eigenvalue weighted by Crippen LogP contribution is -2.25. The molecule has 3 N–H and O–H groups in total. The van der Waals surface area contributed by atoms with Crippen molar-refractivity contribution in [2.75, 3.05) is 12.3 Å². The number of nitrogens with zero attached hydrogens (tertiary/aromatic N) is 1.